The highest BCUT2D eigenvalue weighted by molar-refractivity contribution is 5.73. The number of nitriles is 1. The number of piperazine rings is 1. The lowest BCUT2D eigenvalue weighted by Gasteiger charge is -2.34. The highest BCUT2D eigenvalue weighted by atomic mass is 16.2. The average molecular weight is 257 g/mol. The van der Waals surface area contributed by atoms with Crippen LogP contribution in [0, 0.1) is 11.3 Å². The van der Waals surface area contributed by atoms with Gasteiger partial charge in [0.2, 0.25) is 5.91 Å². The SMILES string of the molecule is CC(=O)N1CCN(Cc2ccccc2CC#N)CC1. The van der Waals surface area contributed by atoms with Gasteiger partial charge in [-0.25, -0.2) is 0 Å². The quantitative estimate of drug-likeness (QED) is 0.822. The third kappa shape index (κ3) is 3.55. The number of benzene rings is 1. The number of carbonyl (C=O) groups excluding carboxylic acids is 1. The number of rotatable bonds is 3. The summed E-state index contributed by atoms with van der Waals surface area (Å²) < 4.78 is 0. The first-order chi connectivity index (χ1) is 9.20. The summed E-state index contributed by atoms with van der Waals surface area (Å²) in [4.78, 5) is 15.5. The summed E-state index contributed by atoms with van der Waals surface area (Å²) in [6.07, 6.45) is 0.462. The molecule has 100 valence electrons. The third-order valence-electron chi connectivity index (χ3n) is 3.60. The van der Waals surface area contributed by atoms with Crippen LogP contribution in [0.3, 0.4) is 0 Å². The Labute approximate surface area is 114 Å². The second kappa shape index (κ2) is 6.35. The van der Waals surface area contributed by atoms with Crippen molar-refractivity contribution in [3.05, 3.63) is 35.4 Å². The van der Waals surface area contributed by atoms with Crippen LogP contribution >= 0.6 is 0 Å². The van der Waals surface area contributed by atoms with E-state index in [0.29, 0.717) is 6.42 Å². The Balaban J connectivity index is 1.96. The van der Waals surface area contributed by atoms with Gasteiger partial charge in [0, 0.05) is 39.6 Å². The molecule has 1 fully saturated rings. The molecule has 0 saturated carbocycles. The Hall–Kier alpha value is -1.86. The molecular weight excluding hydrogens is 238 g/mol. The van der Waals surface area contributed by atoms with E-state index in [4.69, 9.17) is 5.26 Å². The molecule has 0 unspecified atom stereocenters. The number of carbonyl (C=O) groups is 1. The van der Waals surface area contributed by atoms with Gasteiger partial charge in [0.1, 0.15) is 0 Å². The van der Waals surface area contributed by atoms with Crippen LogP contribution in [0.15, 0.2) is 24.3 Å². The van der Waals surface area contributed by atoms with Crippen LogP contribution in [0.5, 0.6) is 0 Å². The van der Waals surface area contributed by atoms with Crippen LogP contribution in [-0.4, -0.2) is 41.9 Å². The summed E-state index contributed by atoms with van der Waals surface area (Å²) in [6.45, 7) is 5.90. The van der Waals surface area contributed by atoms with E-state index < -0.39 is 0 Å². The van der Waals surface area contributed by atoms with Crippen LogP contribution in [-0.2, 0) is 17.8 Å². The monoisotopic (exact) mass is 257 g/mol. The molecule has 1 aliphatic heterocycles. The summed E-state index contributed by atoms with van der Waals surface area (Å²) in [5.41, 5.74) is 2.33. The molecule has 19 heavy (non-hydrogen) atoms. The zero-order valence-corrected chi connectivity index (χ0v) is 11.3. The highest BCUT2D eigenvalue weighted by Crippen LogP contribution is 2.14. The molecule has 0 spiro atoms. The van der Waals surface area contributed by atoms with Crippen LogP contribution < -0.4 is 0 Å². The third-order valence-corrected chi connectivity index (χ3v) is 3.60. The molecule has 1 aromatic carbocycles. The van der Waals surface area contributed by atoms with Gasteiger partial charge in [-0.3, -0.25) is 9.69 Å². The first-order valence-corrected chi connectivity index (χ1v) is 6.62. The zero-order chi connectivity index (χ0) is 13.7. The van der Waals surface area contributed by atoms with E-state index in [1.807, 2.05) is 23.1 Å². The topological polar surface area (TPSA) is 47.3 Å². The molecule has 1 aromatic rings. The van der Waals surface area contributed by atoms with Crippen molar-refractivity contribution in [2.45, 2.75) is 19.9 Å². The maximum Gasteiger partial charge on any atom is 0.219 e. The molecule has 2 rings (SSSR count). The largest absolute Gasteiger partial charge is 0.340 e. The van der Waals surface area contributed by atoms with Crippen molar-refractivity contribution in [1.82, 2.24) is 9.80 Å². The molecule has 0 atom stereocenters. The van der Waals surface area contributed by atoms with E-state index in [0.717, 1.165) is 38.3 Å². The Morgan fingerprint density at radius 2 is 1.84 bits per heavy atom. The molecule has 4 heteroatoms. The first-order valence-electron chi connectivity index (χ1n) is 6.62. The molecule has 0 bridgehead atoms. The molecule has 1 aliphatic rings. The molecule has 4 nitrogen and oxygen atoms in total. The Kier molecular flexibility index (Phi) is 4.53. The molecule has 1 saturated heterocycles. The molecule has 0 radical (unpaired) electrons. The predicted molar refractivity (Wildman–Crippen MR) is 73.3 cm³/mol. The van der Waals surface area contributed by atoms with Gasteiger partial charge in [0.25, 0.3) is 0 Å². The zero-order valence-electron chi connectivity index (χ0n) is 11.3. The van der Waals surface area contributed by atoms with E-state index in [1.54, 1.807) is 6.92 Å². The molecule has 0 aromatic heterocycles. The van der Waals surface area contributed by atoms with Gasteiger partial charge in [-0.15, -0.1) is 0 Å². The maximum atomic E-state index is 11.3. The Bertz CT molecular complexity index is 484. The lowest BCUT2D eigenvalue weighted by atomic mass is 10.0. The van der Waals surface area contributed by atoms with E-state index in [-0.39, 0.29) is 5.91 Å². The van der Waals surface area contributed by atoms with Crippen LogP contribution in [0.4, 0.5) is 0 Å². The Morgan fingerprint density at radius 3 is 2.42 bits per heavy atom. The second-order valence-electron chi connectivity index (χ2n) is 4.89. The number of amides is 1. The lowest BCUT2D eigenvalue weighted by Crippen LogP contribution is -2.47. The second-order valence-corrected chi connectivity index (χ2v) is 4.89. The minimum absolute atomic E-state index is 0.157. The molecule has 1 amide bonds. The molecule has 1 heterocycles. The molecular formula is C15H19N3O. The summed E-state index contributed by atoms with van der Waals surface area (Å²) >= 11 is 0. The van der Waals surface area contributed by atoms with Gasteiger partial charge < -0.3 is 4.90 Å². The standard InChI is InChI=1S/C15H19N3O/c1-13(19)18-10-8-17(9-11-18)12-15-5-3-2-4-14(15)6-7-16/h2-5H,6,8-12H2,1H3. The fourth-order valence-electron chi connectivity index (χ4n) is 2.43. The van der Waals surface area contributed by atoms with Gasteiger partial charge in [-0.05, 0) is 11.1 Å². The van der Waals surface area contributed by atoms with Crippen molar-refractivity contribution in [3.8, 4) is 6.07 Å². The maximum absolute atomic E-state index is 11.3. The minimum atomic E-state index is 0.157. The number of nitrogens with zero attached hydrogens (tertiary/aromatic N) is 3. The van der Waals surface area contributed by atoms with E-state index in [9.17, 15) is 4.79 Å². The number of hydrogen-bond donors (Lipinski definition) is 0. The van der Waals surface area contributed by atoms with E-state index in [1.165, 1.54) is 5.56 Å². The summed E-state index contributed by atoms with van der Waals surface area (Å²) in [5.74, 6) is 0.157. The summed E-state index contributed by atoms with van der Waals surface area (Å²) in [6, 6.07) is 10.3. The van der Waals surface area contributed by atoms with Crippen LogP contribution in [0.2, 0.25) is 0 Å². The fraction of sp³-hybridized carbons (Fsp3) is 0.467. The predicted octanol–water partition coefficient (Wildman–Crippen LogP) is 1.42. The van der Waals surface area contributed by atoms with E-state index >= 15 is 0 Å². The minimum Gasteiger partial charge on any atom is -0.340 e. The van der Waals surface area contributed by atoms with Crippen molar-refractivity contribution in [3.63, 3.8) is 0 Å². The van der Waals surface area contributed by atoms with Gasteiger partial charge in [0.15, 0.2) is 0 Å². The van der Waals surface area contributed by atoms with Crippen molar-refractivity contribution in [2.24, 2.45) is 0 Å². The molecule has 0 N–H and O–H groups in total. The van der Waals surface area contributed by atoms with Crippen molar-refractivity contribution in [2.75, 3.05) is 26.2 Å². The fourth-order valence-corrected chi connectivity index (χ4v) is 2.43. The van der Waals surface area contributed by atoms with E-state index in [2.05, 4.69) is 17.0 Å². The highest BCUT2D eigenvalue weighted by Gasteiger charge is 2.18. The average Bonchev–Trinajstić information content (AvgIpc) is 2.42. The number of hydrogen-bond acceptors (Lipinski definition) is 3. The Morgan fingerprint density at radius 1 is 1.21 bits per heavy atom. The lowest BCUT2D eigenvalue weighted by molar-refractivity contribution is -0.130. The van der Waals surface area contributed by atoms with Gasteiger partial charge in [0.05, 0.1) is 12.5 Å². The van der Waals surface area contributed by atoms with Crippen LogP contribution in [0.25, 0.3) is 0 Å². The van der Waals surface area contributed by atoms with Crippen molar-refractivity contribution >= 4 is 5.91 Å². The summed E-state index contributed by atoms with van der Waals surface area (Å²) in [5, 5.41) is 8.84. The van der Waals surface area contributed by atoms with Gasteiger partial charge in [-0.1, -0.05) is 24.3 Å². The van der Waals surface area contributed by atoms with Gasteiger partial charge in [-0.2, -0.15) is 5.26 Å². The van der Waals surface area contributed by atoms with Crippen LogP contribution in [0.1, 0.15) is 18.1 Å². The van der Waals surface area contributed by atoms with Crippen molar-refractivity contribution in [1.29, 1.82) is 5.26 Å². The molecule has 0 aliphatic carbocycles. The normalized spacial score (nSPS) is 16.1. The smallest absolute Gasteiger partial charge is 0.219 e. The van der Waals surface area contributed by atoms with Crippen molar-refractivity contribution < 1.29 is 4.79 Å². The van der Waals surface area contributed by atoms with Gasteiger partial charge >= 0.3 is 0 Å². The summed E-state index contributed by atoms with van der Waals surface area (Å²) in [7, 11) is 0. The first kappa shape index (κ1) is 13.6.